The number of nitrogens with zero attached hydrogens (tertiary/aromatic N) is 2. The highest BCUT2D eigenvalue weighted by Gasteiger charge is 2.21. The molecule has 0 unspecified atom stereocenters. The number of carbonyl (C=O) groups excluding carboxylic acids is 1. The van der Waals surface area contributed by atoms with E-state index in [0.717, 1.165) is 49.4 Å². The van der Waals surface area contributed by atoms with Crippen molar-refractivity contribution < 1.29 is 9.53 Å². The van der Waals surface area contributed by atoms with Crippen molar-refractivity contribution in [3.05, 3.63) is 23.8 Å². The van der Waals surface area contributed by atoms with Gasteiger partial charge in [0.1, 0.15) is 5.75 Å². The molecule has 122 valence electrons. The van der Waals surface area contributed by atoms with Crippen LogP contribution in [0.4, 0.5) is 10.5 Å². The maximum Gasteiger partial charge on any atom is 0.321 e. The van der Waals surface area contributed by atoms with Gasteiger partial charge in [0, 0.05) is 30.9 Å². The van der Waals surface area contributed by atoms with Crippen LogP contribution in [0.15, 0.2) is 18.2 Å². The molecule has 5 heteroatoms. The number of likely N-dealkylation sites (tertiary alicyclic amines) is 1. The number of ether oxygens (including phenoxy) is 1. The number of aryl methyl sites for hydroxylation is 1. The van der Waals surface area contributed by atoms with E-state index in [0.29, 0.717) is 6.04 Å². The Labute approximate surface area is 133 Å². The van der Waals surface area contributed by atoms with Crippen LogP contribution in [0, 0.1) is 6.92 Å². The van der Waals surface area contributed by atoms with E-state index in [1.165, 1.54) is 0 Å². The molecule has 0 radical (unpaired) electrons. The van der Waals surface area contributed by atoms with Crippen LogP contribution >= 0.6 is 0 Å². The second-order valence-electron chi connectivity index (χ2n) is 6.15. The third kappa shape index (κ3) is 4.13. The molecular formula is C17H27N3O2. The molecule has 5 nitrogen and oxygen atoms in total. The minimum absolute atomic E-state index is 0.0229. The van der Waals surface area contributed by atoms with Gasteiger partial charge in [0.15, 0.2) is 0 Å². The minimum atomic E-state index is -0.0229. The number of anilines is 1. The SMILES string of the molecule is COc1cc(NC(=O)N2CCC[C@@H](N(C)C)CC2)ccc1C. The quantitative estimate of drug-likeness (QED) is 0.934. The summed E-state index contributed by atoms with van der Waals surface area (Å²) in [5, 5.41) is 2.98. The van der Waals surface area contributed by atoms with E-state index in [4.69, 9.17) is 4.74 Å². The lowest BCUT2D eigenvalue weighted by Gasteiger charge is -2.23. The lowest BCUT2D eigenvalue weighted by molar-refractivity contribution is 0.210. The molecule has 2 amide bonds. The standard InChI is InChI=1S/C17H27N3O2/c1-13-7-8-14(12-16(13)22-4)18-17(21)20-10-5-6-15(9-11-20)19(2)3/h7-8,12,15H,5-6,9-11H2,1-4H3,(H,18,21)/t15-/m1/s1. The molecule has 1 saturated heterocycles. The number of benzene rings is 1. The van der Waals surface area contributed by atoms with Crippen molar-refractivity contribution in [3.63, 3.8) is 0 Å². The Balaban J connectivity index is 1.97. The Morgan fingerprint density at radius 3 is 2.77 bits per heavy atom. The summed E-state index contributed by atoms with van der Waals surface area (Å²) in [6.45, 7) is 3.61. The monoisotopic (exact) mass is 305 g/mol. The lowest BCUT2D eigenvalue weighted by atomic mass is 10.1. The van der Waals surface area contributed by atoms with Crippen LogP contribution in [0.1, 0.15) is 24.8 Å². The Morgan fingerprint density at radius 2 is 2.09 bits per heavy atom. The highest BCUT2D eigenvalue weighted by molar-refractivity contribution is 5.89. The molecule has 1 atom stereocenters. The zero-order valence-corrected chi connectivity index (χ0v) is 14.1. The molecule has 2 rings (SSSR count). The van der Waals surface area contributed by atoms with Crippen molar-refractivity contribution in [2.75, 3.05) is 39.6 Å². The number of amides is 2. The second-order valence-corrected chi connectivity index (χ2v) is 6.15. The molecular weight excluding hydrogens is 278 g/mol. The first-order chi connectivity index (χ1) is 10.5. The van der Waals surface area contributed by atoms with E-state index >= 15 is 0 Å². The molecule has 0 saturated carbocycles. The number of rotatable bonds is 3. The van der Waals surface area contributed by atoms with Crippen molar-refractivity contribution in [2.24, 2.45) is 0 Å². The van der Waals surface area contributed by atoms with Gasteiger partial charge in [-0.25, -0.2) is 4.79 Å². The van der Waals surface area contributed by atoms with Crippen molar-refractivity contribution in [3.8, 4) is 5.75 Å². The normalized spacial score (nSPS) is 19.0. The molecule has 1 heterocycles. The van der Waals surface area contributed by atoms with Gasteiger partial charge in [-0.3, -0.25) is 0 Å². The minimum Gasteiger partial charge on any atom is -0.496 e. The summed E-state index contributed by atoms with van der Waals surface area (Å²) in [6.07, 6.45) is 3.22. The zero-order chi connectivity index (χ0) is 16.1. The number of hydrogen-bond donors (Lipinski definition) is 1. The van der Waals surface area contributed by atoms with Crippen molar-refractivity contribution in [1.29, 1.82) is 0 Å². The fraction of sp³-hybridized carbons (Fsp3) is 0.588. The molecule has 22 heavy (non-hydrogen) atoms. The average Bonchev–Trinajstić information content (AvgIpc) is 2.75. The molecule has 1 aliphatic rings. The Bertz CT molecular complexity index is 517. The first-order valence-corrected chi connectivity index (χ1v) is 7.88. The fourth-order valence-electron chi connectivity index (χ4n) is 2.90. The van der Waals surface area contributed by atoms with Crippen molar-refractivity contribution >= 4 is 11.7 Å². The number of urea groups is 1. The largest absolute Gasteiger partial charge is 0.496 e. The van der Waals surface area contributed by atoms with E-state index in [1.54, 1.807) is 7.11 Å². The lowest BCUT2D eigenvalue weighted by Crippen LogP contribution is -2.36. The Hall–Kier alpha value is -1.75. The molecule has 1 N–H and O–H groups in total. The topological polar surface area (TPSA) is 44.8 Å². The predicted octanol–water partition coefficient (Wildman–Crippen LogP) is 2.95. The van der Waals surface area contributed by atoms with Gasteiger partial charge in [0.25, 0.3) is 0 Å². The van der Waals surface area contributed by atoms with Crippen molar-refractivity contribution in [2.45, 2.75) is 32.2 Å². The smallest absolute Gasteiger partial charge is 0.321 e. The molecule has 1 aliphatic heterocycles. The van der Waals surface area contributed by atoms with E-state index in [-0.39, 0.29) is 6.03 Å². The summed E-state index contributed by atoms with van der Waals surface area (Å²) < 4.78 is 5.30. The molecule has 0 aromatic heterocycles. The highest BCUT2D eigenvalue weighted by atomic mass is 16.5. The summed E-state index contributed by atoms with van der Waals surface area (Å²) in [7, 11) is 5.86. The molecule has 1 aromatic rings. The van der Waals surface area contributed by atoms with Crippen LogP contribution in [0.2, 0.25) is 0 Å². The molecule has 0 aliphatic carbocycles. The average molecular weight is 305 g/mol. The molecule has 1 aromatic carbocycles. The van der Waals surface area contributed by atoms with Crippen LogP contribution in [0.25, 0.3) is 0 Å². The third-order valence-corrected chi connectivity index (χ3v) is 4.37. The number of nitrogens with one attached hydrogen (secondary N) is 1. The molecule has 1 fully saturated rings. The van der Waals surface area contributed by atoms with Gasteiger partial charge >= 0.3 is 6.03 Å². The van der Waals surface area contributed by atoms with Crippen LogP contribution in [-0.4, -0.2) is 56.2 Å². The van der Waals surface area contributed by atoms with Gasteiger partial charge in [-0.15, -0.1) is 0 Å². The van der Waals surface area contributed by atoms with E-state index < -0.39 is 0 Å². The van der Waals surface area contributed by atoms with Crippen LogP contribution in [0.3, 0.4) is 0 Å². The zero-order valence-electron chi connectivity index (χ0n) is 14.1. The summed E-state index contributed by atoms with van der Waals surface area (Å²) in [5.74, 6) is 0.793. The van der Waals surface area contributed by atoms with Gasteiger partial charge in [-0.05, 0) is 51.9 Å². The first-order valence-electron chi connectivity index (χ1n) is 7.88. The molecule has 0 bridgehead atoms. The maximum atomic E-state index is 12.4. The second kappa shape index (κ2) is 7.49. The van der Waals surface area contributed by atoms with Gasteiger partial charge in [-0.1, -0.05) is 6.07 Å². The van der Waals surface area contributed by atoms with Crippen LogP contribution < -0.4 is 10.1 Å². The molecule has 0 spiro atoms. The van der Waals surface area contributed by atoms with Crippen LogP contribution in [0.5, 0.6) is 5.75 Å². The summed E-state index contributed by atoms with van der Waals surface area (Å²) in [6, 6.07) is 6.28. The van der Waals surface area contributed by atoms with E-state index in [1.807, 2.05) is 30.0 Å². The van der Waals surface area contributed by atoms with E-state index in [9.17, 15) is 4.79 Å². The van der Waals surface area contributed by atoms with Gasteiger partial charge in [-0.2, -0.15) is 0 Å². The Morgan fingerprint density at radius 1 is 1.32 bits per heavy atom. The maximum absolute atomic E-state index is 12.4. The number of methoxy groups -OCH3 is 1. The van der Waals surface area contributed by atoms with Crippen LogP contribution in [-0.2, 0) is 0 Å². The van der Waals surface area contributed by atoms with Gasteiger partial charge in [0.05, 0.1) is 7.11 Å². The fourth-order valence-corrected chi connectivity index (χ4v) is 2.90. The van der Waals surface area contributed by atoms with Gasteiger partial charge in [0.2, 0.25) is 0 Å². The van der Waals surface area contributed by atoms with Gasteiger partial charge < -0.3 is 19.9 Å². The summed E-state index contributed by atoms with van der Waals surface area (Å²) in [4.78, 5) is 16.6. The first kappa shape index (κ1) is 16.6. The highest BCUT2D eigenvalue weighted by Crippen LogP contribution is 2.23. The van der Waals surface area contributed by atoms with Crippen molar-refractivity contribution in [1.82, 2.24) is 9.80 Å². The number of hydrogen-bond acceptors (Lipinski definition) is 3. The summed E-state index contributed by atoms with van der Waals surface area (Å²) in [5.41, 5.74) is 1.84. The summed E-state index contributed by atoms with van der Waals surface area (Å²) >= 11 is 0. The Kier molecular flexibility index (Phi) is 5.66. The van der Waals surface area contributed by atoms with E-state index in [2.05, 4.69) is 24.3 Å². The number of carbonyl (C=O) groups is 1. The predicted molar refractivity (Wildman–Crippen MR) is 89.6 cm³/mol. The third-order valence-electron chi connectivity index (χ3n) is 4.37.